The summed E-state index contributed by atoms with van der Waals surface area (Å²) in [6, 6.07) is 0. The zero-order valence-electron chi connectivity index (χ0n) is 6.67. The van der Waals surface area contributed by atoms with Gasteiger partial charge in [-0.3, -0.25) is 0 Å². The highest BCUT2D eigenvalue weighted by atomic mass is 32.1. The molecule has 1 atom stereocenters. The van der Waals surface area contributed by atoms with Crippen molar-refractivity contribution in [2.24, 2.45) is 0 Å². The molecule has 1 heterocycles. The Morgan fingerprint density at radius 2 is 2.33 bits per heavy atom. The summed E-state index contributed by atoms with van der Waals surface area (Å²) in [5.74, 6) is -1.11. The van der Waals surface area contributed by atoms with E-state index in [1.165, 1.54) is 6.92 Å². The smallest absolute Gasteiger partial charge is 0.347 e. The Kier molecular flexibility index (Phi) is 2.42. The van der Waals surface area contributed by atoms with Crippen LogP contribution in [0.3, 0.4) is 0 Å². The second kappa shape index (κ2) is 3.18. The number of aromatic carboxylic acids is 1. The normalized spacial score (nSPS) is 12.9. The van der Waals surface area contributed by atoms with Gasteiger partial charge in [-0.15, -0.1) is 11.3 Å². The molecule has 1 aromatic rings. The van der Waals surface area contributed by atoms with E-state index in [2.05, 4.69) is 4.98 Å². The average Bonchev–Trinajstić information content (AvgIpc) is 2.31. The molecule has 0 radical (unpaired) electrons. The lowest BCUT2D eigenvalue weighted by Crippen LogP contribution is -1.99. The highest BCUT2D eigenvalue weighted by molar-refractivity contribution is 7.13. The largest absolute Gasteiger partial charge is 0.477 e. The van der Waals surface area contributed by atoms with Crippen molar-refractivity contribution < 1.29 is 14.3 Å². The third kappa shape index (κ3) is 1.61. The third-order valence-corrected chi connectivity index (χ3v) is 2.31. The summed E-state index contributed by atoms with van der Waals surface area (Å²) < 4.78 is 12.7. The van der Waals surface area contributed by atoms with E-state index < -0.39 is 12.1 Å². The molecule has 0 aromatic carbocycles. The van der Waals surface area contributed by atoms with E-state index in [1.54, 1.807) is 6.92 Å². The van der Waals surface area contributed by atoms with Crippen LogP contribution in [0, 0.1) is 6.92 Å². The first kappa shape index (κ1) is 9.12. The fraction of sp³-hybridized carbons (Fsp3) is 0.429. The molecular weight excluding hydrogens is 181 g/mol. The topological polar surface area (TPSA) is 50.2 Å². The summed E-state index contributed by atoms with van der Waals surface area (Å²) in [4.78, 5) is 14.3. The van der Waals surface area contributed by atoms with Crippen molar-refractivity contribution >= 4 is 17.3 Å². The summed E-state index contributed by atoms with van der Waals surface area (Å²) in [6.07, 6.45) is -1.32. The van der Waals surface area contributed by atoms with Crippen molar-refractivity contribution in [3.05, 3.63) is 15.6 Å². The van der Waals surface area contributed by atoms with Crippen LogP contribution in [0.15, 0.2) is 0 Å². The first-order valence-corrected chi connectivity index (χ1v) is 4.18. The standard InChI is InChI=1S/C7H8FNO2S/c1-3(8)5-6(7(10)11)12-4(2)9-5/h3H,1-2H3,(H,10,11). The number of carboxylic acid groups (broad SMARTS) is 1. The molecule has 66 valence electrons. The number of hydrogen-bond acceptors (Lipinski definition) is 3. The van der Waals surface area contributed by atoms with Crippen molar-refractivity contribution in [3.8, 4) is 0 Å². The molecule has 5 heteroatoms. The van der Waals surface area contributed by atoms with Gasteiger partial charge >= 0.3 is 5.97 Å². The zero-order chi connectivity index (χ0) is 9.30. The molecule has 1 aromatic heterocycles. The highest BCUT2D eigenvalue weighted by Crippen LogP contribution is 2.25. The summed E-state index contributed by atoms with van der Waals surface area (Å²) in [7, 11) is 0. The van der Waals surface area contributed by atoms with Crippen LogP contribution in [0.4, 0.5) is 4.39 Å². The molecule has 0 saturated carbocycles. The summed E-state index contributed by atoms with van der Waals surface area (Å²) >= 11 is 1.00. The van der Waals surface area contributed by atoms with Gasteiger partial charge < -0.3 is 5.11 Å². The number of aromatic nitrogens is 1. The van der Waals surface area contributed by atoms with Crippen LogP contribution in [0.1, 0.15) is 33.5 Å². The van der Waals surface area contributed by atoms with Crippen molar-refractivity contribution in [2.75, 3.05) is 0 Å². The lowest BCUT2D eigenvalue weighted by molar-refractivity contribution is 0.0698. The van der Waals surface area contributed by atoms with Crippen LogP contribution >= 0.6 is 11.3 Å². The van der Waals surface area contributed by atoms with E-state index in [9.17, 15) is 9.18 Å². The number of thiazole rings is 1. The molecule has 0 spiro atoms. The molecular formula is C7H8FNO2S. The van der Waals surface area contributed by atoms with Gasteiger partial charge in [0.15, 0.2) is 0 Å². The maximum absolute atomic E-state index is 12.7. The summed E-state index contributed by atoms with van der Waals surface area (Å²) in [5.41, 5.74) is 0.0324. The van der Waals surface area contributed by atoms with E-state index in [-0.39, 0.29) is 10.6 Å². The van der Waals surface area contributed by atoms with E-state index in [0.29, 0.717) is 5.01 Å². The van der Waals surface area contributed by atoms with Crippen LogP contribution in [-0.4, -0.2) is 16.1 Å². The summed E-state index contributed by atoms with van der Waals surface area (Å²) in [5, 5.41) is 9.21. The van der Waals surface area contributed by atoms with Gasteiger partial charge in [0.05, 0.1) is 5.01 Å². The van der Waals surface area contributed by atoms with Gasteiger partial charge in [0.25, 0.3) is 0 Å². The molecule has 12 heavy (non-hydrogen) atoms. The van der Waals surface area contributed by atoms with Crippen molar-refractivity contribution in [1.82, 2.24) is 4.98 Å². The molecule has 0 aliphatic carbocycles. The van der Waals surface area contributed by atoms with Crippen LogP contribution in [-0.2, 0) is 0 Å². The Morgan fingerprint density at radius 1 is 1.75 bits per heavy atom. The van der Waals surface area contributed by atoms with Gasteiger partial charge in [0.1, 0.15) is 16.7 Å². The fourth-order valence-corrected chi connectivity index (χ4v) is 1.71. The second-order valence-electron chi connectivity index (χ2n) is 2.37. The molecule has 0 amide bonds. The quantitative estimate of drug-likeness (QED) is 0.775. The van der Waals surface area contributed by atoms with Crippen molar-refractivity contribution in [3.63, 3.8) is 0 Å². The zero-order valence-corrected chi connectivity index (χ0v) is 7.48. The Balaban J connectivity index is 3.17. The maximum Gasteiger partial charge on any atom is 0.347 e. The second-order valence-corrected chi connectivity index (χ2v) is 3.57. The number of carboxylic acids is 1. The predicted molar refractivity (Wildman–Crippen MR) is 43.3 cm³/mol. The van der Waals surface area contributed by atoms with Crippen LogP contribution < -0.4 is 0 Å². The molecule has 0 fully saturated rings. The van der Waals surface area contributed by atoms with E-state index in [1.807, 2.05) is 0 Å². The first-order valence-electron chi connectivity index (χ1n) is 3.37. The van der Waals surface area contributed by atoms with E-state index in [4.69, 9.17) is 5.11 Å². The minimum absolute atomic E-state index is 0.00231. The van der Waals surface area contributed by atoms with Gasteiger partial charge in [0.2, 0.25) is 0 Å². The maximum atomic E-state index is 12.7. The lowest BCUT2D eigenvalue weighted by atomic mass is 10.3. The Hall–Kier alpha value is -0.970. The Labute approximate surface area is 72.9 Å². The van der Waals surface area contributed by atoms with E-state index in [0.717, 1.165) is 11.3 Å². The number of alkyl halides is 1. The molecule has 1 rings (SSSR count). The monoisotopic (exact) mass is 189 g/mol. The summed E-state index contributed by atoms with van der Waals surface area (Å²) in [6.45, 7) is 2.93. The minimum Gasteiger partial charge on any atom is -0.477 e. The number of halogens is 1. The molecule has 3 nitrogen and oxygen atoms in total. The molecule has 1 N–H and O–H groups in total. The van der Waals surface area contributed by atoms with Crippen LogP contribution in [0.5, 0.6) is 0 Å². The molecule has 1 unspecified atom stereocenters. The van der Waals surface area contributed by atoms with Crippen LogP contribution in [0.25, 0.3) is 0 Å². The number of nitrogens with zero attached hydrogens (tertiary/aromatic N) is 1. The molecule has 0 aliphatic rings. The number of carbonyl (C=O) groups is 1. The minimum atomic E-state index is -1.32. The highest BCUT2D eigenvalue weighted by Gasteiger charge is 2.19. The third-order valence-electron chi connectivity index (χ3n) is 1.33. The average molecular weight is 189 g/mol. The Morgan fingerprint density at radius 3 is 2.67 bits per heavy atom. The van der Waals surface area contributed by atoms with Gasteiger partial charge in [-0.25, -0.2) is 14.2 Å². The number of aryl methyl sites for hydroxylation is 1. The molecule has 0 aliphatic heterocycles. The molecule has 0 bridgehead atoms. The molecule has 0 saturated heterocycles. The lowest BCUT2D eigenvalue weighted by Gasteiger charge is -1.96. The SMILES string of the molecule is Cc1nc(C(C)F)c(C(=O)O)s1. The van der Waals surface area contributed by atoms with Crippen molar-refractivity contribution in [2.45, 2.75) is 20.0 Å². The number of hydrogen-bond donors (Lipinski definition) is 1. The van der Waals surface area contributed by atoms with E-state index >= 15 is 0 Å². The van der Waals surface area contributed by atoms with Gasteiger partial charge in [0, 0.05) is 0 Å². The van der Waals surface area contributed by atoms with Crippen molar-refractivity contribution in [1.29, 1.82) is 0 Å². The van der Waals surface area contributed by atoms with Crippen LogP contribution in [0.2, 0.25) is 0 Å². The fourth-order valence-electron chi connectivity index (χ4n) is 0.866. The van der Waals surface area contributed by atoms with Gasteiger partial charge in [-0.2, -0.15) is 0 Å². The first-order chi connectivity index (χ1) is 5.52. The van der Waals surface area contributed by atoms with Gasteiger partial charge in [-0.05, 0) is 13.8 Å². The number of rotatable bonds is 2. The Bertz CT molecular complexity index is 308. The predicted octanol–water partition coefficient (Wildman–Crippen LogP) is 2.18. The van der Waals surface area contributed by atoms with Gasteiger partial charge in [-0.1, -0.05) is 0 Å².